The Morgan fingerprint density at radius 2 is 1.15 bits per heavy atom. The molecule has 4 heteroatoms. The number of halogens is 2. The maximum absolute atomic E-state index is 3.30. The van der Waals surface area contributed by atoms with Crippen LogP contribution in [-0.2, 0) is 23.0 Å². The van der Waals surface area contributed by atoms with Gasteiger partial charge in [0.2, 0.25) is 0 Å². The predicted molar refractivity (Wildman–Crippen MR) is 107 cm³/mol. The van der Waals surface area contributed by atoms with E-state index in [9.17, 15) is 0 Å². The quantitative estimate of drug-likeness (QED) is 0.330. The van der Waals surface area contributed by atoms with Crippen LogP contribution in [0.15, 0.2) is 34.4 Å². The van der Waals surface area contributed by atoms with E-state index in [4.69, 9.17) is 0 Å². The van der Waals surface area contributed by atoms with Crippen molar-refractivity contribution in [3.05, 3.63) is 46.6 Å². The van der Waals surface area contributed by atoms with E-state index in [0.717, 1.165) is 12.8 Å². The molecule has 0 spiro atoms. The van der Waals surface area contributed by atoms with Crippen LogP contribution in [0, 0.1) is 12.2 Å². The van der Waals surface area contributed by atoms with Gasteiger partial charge in [0.05, 0.1) is 0 Å². The van der Waals surface area contributed by atoms with Crippen LogP contribution in [0.5, 0.6) is 0 Å². The van der Waals surface area contributed by atoms with Crippen molar-refractivity contribution in [2.45, 2.75) is 92.2 Å². The molecule has 2 rings (SSSR count). The van der Waals surface area contributed by atoms with E-state index in [1.165, 1.54) is 72.7 Å². The van der Waals surface area contributed by atoms with Gasteiger partial charge in [0.1, 0.15) is 0 Å². The van der Waals surface area contributed by atoms with Gasteiger partial charge >= 0.3 is 41.6 Å². The third-order valence-corrected chi connectivity index (χ3v) is 3.73. The van der Waals surface area contributed by atoms with Gasteiger partial charge in [0.25, 0.3) is 0 Å². The smallest absolute Gasteiger partial charge is 1.00 e. The second-order valence-corrected chi connectivity index (χ2v) is 19.7. The number of hydrogen-bond donors (Lipinski definition) is 0. The van der Waals surface area contributed by atoms with E-state index in [-0.39, 0.29) is 30.3 Å². The van der Waals surface area contributed by atoms with E-state index >= 15 is 0 Å². The molecular formula is C22H36Cl2HfSi-2. The fourth-order valence-corrected chi connectivity index (χ4v) is 2.45. The molecule has 0 heterocycles. The molecule has 148 valence electrons. The minimum atomic E-state index is 0. The molecule has 0 radical (unpaired) electrons. The maximum Gasteiger partial charge on any atom is -1.00 e. The summed E-state index contributed by atoms with van der Waals surface area (Å²) < 4.78 is 0. The topological polar surface area (TPSA) is 0 Å². The molecule has 0 unspecified atom stereocenters. The molecule has 0 nitrogen and oxygen atoms in total. The summed E-state index contributed by atoms with van der Waals surface area (Å²) in [6.45, 7) is 13.4. The summed E-state index contributed by atoms with van der Waals surface area (Å²) in [6.07, 6.45) is 21.2. The molecule has 2 aliphatic rings. The Hall–Kier alpha value is 0.627. The van der Waals surface area contributed by atoms with Crippen LogP contribution < -0.4 is 24.8 Å². The molecule has 0 saturated carbocycles. The fraction of sp³-hybridized carbons (Fsp3) is 0.636. The molecule has 0 fully saturated rings. The molecule has 0 bridgehead atoms. The zero-order valence-electron chi connectivity index (χ0n) is 17.6. The first-order valence-corrected chi connectivity index (χ1v) is 17.3. The number of allylic oxidation sites excluding steroid dienone is 8. The molecule has 2 aliphatic carbocycles. The van der Waals surface area contributed by atoms with E-state index in [1.807, 2.05) is 0 Å². The Morgan fingerprint density at radius 3 is 1.35 bits per heavy atom. The van der Waals surface area contributed by atoms with Gasteiger partial charge in [-0.1, -0.05) is 53.4 Å². The van der Waals surface area contributed by atoms with E-state index in [0.29, 0.717) is 0 Å². The average Bonchev–Trinajstić information content (AvgIpc) is 3.11. The molecule has 0 N–H and O–H groups in total. The van der Waals surface area contributed by atoms with Gasteiger partial charge in [0.15, 0.2) is 0 Å². The van der Waals surface area contributed by atoms with Crippen molar-refractivity contribution in [2.24, 2.45) is 0 Å². The van der Waals surface area contributed by atoms with Crippen molar-refractivity contribution >= 4 is 5.49 Å². The summed E-state index contributed by atoms with van der Waals surface area (Å²) in [6, 6.07) is 0. The third-order valence-electron chi connectivity index (χ3n) is 3.73. The zero-order valence-corrected chi connectivity index (χ0v) is 23.7. The first-order valence-electron chi connectivity index (χ1n) is 9.44. The summed E-state index contributed by atoms with van der Waals surface area (Å²) in [5.74, 6) is 0. The van der Waals surface area contributed by atoms with Crippen molar-refractivity contribution in [3.8, 4) is 0 Å². The van der Waals surface area contributed by atoms with E-state index < -0.39 is 0 Å². The van der Waals surface area contributed by atoms with Crippen molar-refractivity contribution < 1.29 is 47.8 Å². The summed E-state index contributed by atoms with van der Waals surface area (Å²) in [5, 5.41) is 0. The normalized spacial score (nSPS) is 14.2. The van der Waals surface area contributed by atoms with Crippen molar-refractivity contribution in [1.82, 2.24) is 0 Å². The largest absolute Gasteiger partial charge is 1.00 e. The van der Waals surface area contributed by atoms with E-state index in [1.54, 1.807) is 11.1 Å². The first-order chi connectivity index (χ1) is 11.4. The molecule has 0 amide bonds. The first kappa shape index (κ1) is 31.3. The third kappa shape index (κ3) is 19.4. The molecule has 0 aromatic heterocycles. The molecule has 26 heavy (non-hydrogen) atoms. The van der Waals surface area contributed by atoms with Crippen LogP contribution in [0.4, 0.5) is 0 Å². The Kier molecular flexibility index (Phi) is 24.5. The second-order valence-electron chi connectivity index (χ2n) is 6.89. The Labute approximate surface area is 191 Å². The van der Waals surface area contributed by atoms with Gasteiger partial charge in [0, 0.05) is 0 Å². The standard InChI is InChI=1S/2C10H15.C2H6Si.2ClH.Hf/c2*1-3-4-5-10-7-6-9(2)8-10;1-3-2;;;/h2*8H,3-5,7H2,1-2H3;1-2H3;2*1H;/q2*-1;;;;+2/p-2. The maximum atomic E-state index is 3.30. The van der Waals surface area contributed by atoms with Crippen LogP contribution in [0.2, 0.25) is 13.1 Å². The molecule has 0 aromatic rings. The Morgan fingerprint density at radius 1 is 0.846 bits per heavy atom. The van der Waals surface area contributed by atoms with Crippen molar-refractivity contribution in [1.29, 1.82) is 0 Å². The predicted octanol–water partition coefficient (Wildman–Crippen LogP) is 1.30. The summed E-state index contributed by atoms with van der Waals surface area (Å²) in [5.41, 5.74) is 6.05. The van der Waals surface area contributed by atoms with Crippen molar-refractivity contribution in [3.63, 3.8) is 0 Å². The SMILES string of the molecule is CCCCC1=CC(C)=[C-]C1.CCCCC1=CC(C)=[C-]C1.C[Si](C)=[Hf+2].[Cl-].[Cl-]. The Balaban J connectivity index is -0.000000319. The van der Waals surface area contributed by atoms with Gasteiger partial charge in [-0.25, -0.2) is 23.3 Å². The van der Waals surface area contributed by atoms with Crippen molar-refractivity contribution in [2.75, 3.05) is 0 Å². The Bertz CT molecular complexity index is 458. The summed E-state index contributed by atoms with van der Waals surface area (Å²) >= 11 is 1.45. The van der Waals surface area contributed by atoms with Gasteiger partial charge in [-0.2, -0.15) is 11.1 Å². The molecule has 0 atom stereocenters. The fourth-order valence-electron chi connectivity index (χ4n) is 2.45. The average molecular weight is 578 g/mol. The number of hydrogen-bond acceptors (Lipinski definition) is 0. The van der Waals surface area contributed by atoms with Gasteiger partial charge < -0.3 is 24.8 Å². The van der Waals surface area contributed by atoms with Gasteiger partial charge in [-0.3, -0.25) is 12.2 Å². The van der Waals surface area contributed by atoms with E-state index in [2.05, 4.69) is 65.1 Å². The van der Waals surface area contributed by atoms with Crippen LogP contribution in [0.25, 0.3) is 0 Å². The molecule has 0 aliphatic heterocycles. The second kappa shape index (κ2) is 20.4. The minimum absolute atomic E-state index is 0. The number of rotatable bonds is 6. The van der Waals surface area contributed by atoms with Crippen LogP contribution >= 0.6 is 0 Å². The zero-order chi connectivity index (χ0) is 18.4. The monoisotopic (exact) mass is 578 g/mol. The van der Waals surface area contributed by atoms with Crippen LogP contribution in [-0.4, -0.2) is 5.49 Å². The summed E-state index contributed by atoms with van der Waals surface area (Å²) in [7, 11) is 0. The summed E-state index contributed by atoms with van der Waals surface area (Å²) in [4.78, 5) is 0. The van der Waals surface area contributed by atoms with Crippen LogP contribution in [0.1, 0.15) is 79.1 Å². The molecule has 0 saturated heterocycles. The molecular weight excluding hydrogens is 542 g/mol. The van der Waals surface area contributed by atoms with Gasteiger partial charge in [-0.05, 0) is 12.8 Å². The molecule has 0 aromatic carbocycles. The minimum Gasteiger partial charge on any atom is -1.00 e. The number of unbranched alkanes of at least 4 members (excludes halogenated alkanes) is 2. The van der Waals surface area contributed by atoms with Gasteiger partial charge in [-0.15, -0.1) is 12.8 Å². The van der Waals surface area contributed by atoms with Crippen LogP contribution in [0.3, 0.4) is 0 Å².